The van der Waals surface area contributed by atoms with E-state index in [1.54, 1.807) is 10.9 Å². The highest BCUT2D eigenvalue weighted by Gasteiger charge is 2.47. The predicted molar refractivity (Wildman–Crippen MR) is 110 cm³/mol. The fraction of sp³-hybridized carbons (Fsp3) is 0.700. The maximum absolute atomic E-state index is 12.7. The number of nitrogens with zero attached hydrogens (tertiary/aromatic N) is 1. The Labute approximate surface area is 185 Å². The topological polar surface area (TPSA) is 107 Å². The standard InChI is InChI=1S/C20H28F3N3O5S/c21-20(22,23)32(28,29)26-17-4-2-9-24-18(17)13-31-15-7-5-14(6-8-15)16-3-1-10-25-19(16)30-12-11-27/h1,3,10-11,14-15,17-18,24,26H,2,4-9,12-13H2/t14?,15?,17-,18-/m0/s1. The Morgan fingerprint density at radius 3 is 2.66 bits per heavy atom. The van der Waals surface area contributed by atoms with Gasteiger partial charge in [-0.3, -0.25) is 4.79 Å². The van der Waals surface area contributed by atoms with Gasteiger partial charge in [0.15, 0.2) is 6.29 Å². The van der Waals surface area contributed by atoms with Crippen molar-refractivity contribution in [2.24, 2.45) is 0 Å². The van der Waals surface area contributed by atoms with Crippen LogP contribution < -0.4 is 14.8 Å². The molecule has 0 unspecified atom stereocenters. The van der Waals surface area contributed by atoms with Gasteiger partial charge in [-0.05, 0) is 57.1 Å². The Morgan fingerprint density at radius 1 is 1.22 bits per heavy atom. The molecule has 1 aromatic rings. The number of carbonyl (C=O) groups excluding carboxylic acids is 1. The maximum atomic E-state index is 12.7. The third-order valence-corrected chi connectivity index (χ3v) is 7.13. The zero-order valence-corrected chi connectivity index (χ0v) is 18.3. The van der Waals surface area contributed by atoms with E-state index in [1.807, 2.05) is 12.1 Å². The summed E-state index contributed by atoms with van der Waals surface area (Å²) in [5.41, 5.74) is -4.39. The third kappa shape index (κ3) is 6.40. The lowest BCUT2D eigenvalue weighted by Crippen LogP contribution is -2.57. The lowest BCUT2D eigenvalue weighted by atomic mass is 9.83. The maximum Gasteiger partial charge on any atom is 0.511 e. The van der Waals surface area contributed by atoms with Gasteiger partial charge in [-0.1, -0.05) is 6.07 Å². The summed E-state index contributed by atoms with van der Waals surface area (Å²) in [4.78, 5) is 14.8. The summed E-state index contributed by atoms with van der Waals surface area (Å²) < 4.78 is 74.4. The van der Waals surface area contributed by atoms with E-state index >= 15 is 0 Å². The van der Waals surface area contributed by atoms with Crippen molar-refractivity contribution in [2.75, 3.05) is 19.8 Å². The molecule has 1 saturated heterocycles. The van der Waals surface area contributed by atoms with Crippen LogP contribution in [0.2, 0.25) is 0 Å². The van der Waals surface area contributed by atoms with E-state index in [-0.39, 0.29) is 25.2 Å². The summed E-state index contributed by atoms with van der Waals surface area (Å²) in [6.45, 7) is 0.659. The molecule has 0 spiro atoms. The van der Waals surface area contributed by atoms with Crippen LogP contribution in [0, 0.1) is 0 Å². The summed E-state index contributed by atoms with van der Waals surface area (Å²) >= 11 is 0. The van der Waals surface area contributed by atoms with Crippen LogP contribution in [0.1, 0.15) is 50.0 Å². The SMILES string of the molecule is O=CCOc1ncccc1C1CCC(OC[C@@H]2NCCC[C@@H]2NS(=O)(=O)C(F)(F)F)CC1. The highest BCUT2D eigenvalue weighted by Crippen LogP contribution is 2.37. The Hall–Kier alpha value is -1.76. The Balaban J connectivity index is 1.51. The predicted octanol–water partition coefficient (Wildman–Crippen LogP) is 2.26. The first kappa shape index (κ1) is 24.9. The van der Waals surface area contributed by atoms with Gasteiger partial charge < -0.3 is 14.8 Å². The summed E-state index contributed by atoms with van der Waals surface area (Å²) in [6, 6.07) is 2.35. The number of carbonyl (C=O) groups is 1. The number of aromatic nitrogens is 1. The molecule has 1 aliphatic carbocycles. The zero-order chi connectivity index (χ0) is 23.2. The van der Waals surface area contributed by atoms with E-state index in [9.17, 15) is 26.4 Å². The fourth-order valence-electron chi connectivity index (χ4n) is 4.26. The number of hydrogen-bond donors (Lipinski definition) is 2. The summed E-state index contributed by atoms with van der Waals surface area (Å²) in [5.74, 6) is 0.666. The molecule has 2 fully saturated rings. The molecule has 1 aromatic heterocycles. The van der Waals surface area contributed by atoms with E-state index < -0.39 is 27.6 Å². The smallest absolute Gasteiger partial charge is 0.470 e. The molecule has 1 saturated carbocycles. The number of nitrogens with one attached hydrogen (secondary N) is 2. The number of ether oxygens (including phenoxy) is 2. The average Bonchev–Trinajstić information content (AvgIpc) is 2.77. The quantitative estimate of drug-likeness (QED) is 0.524. The molecule has 12 heteroatoms. The Bertz CT molecular complexity index is 860. The number of rotatable bonds is 9. The second-order valence-corrected chi connectivity index (χ2v) is 9.76. The molecule has 32 heavy (non-hydrogen) atoms. The lowest BCUT2D eigenvalue weighted by molar-refractivity contribution is -0.109. The molecule has 2 N–H and O–H groups in total. The van der Waals surface area contributed by atoms with Crippen molar-refractivity contribution in [1.29, 1.82) is 0 Å². The van der Waals surface area contributed by atoms with E-state index in [4.69, 9.17) is 9.47 Å². The summed E-state index contributed by atoms with van der Waals surface area (Å²) in [7, 11) is -5.41. The number of sulfonamides is 1. The van der Waals surface area contributed by atoms with Gasteiger partial charge in [0.05, 0.1) is 12.7 Å². The normalized spacial score (nSPS) is 27.1. The first-order valence-corrected chi connectivity index (χ1v) is 12.1. The molecule has 0 aromatic carbocycles. The van der Waals surface area contributed by atoms with E-state index in [1.165, 1.54) is 0 Å². The molecule has 2 aliphatic rings. The monoisotopic (exact) mass is 479 g/mol. The van der Waals surface area contributed by atoms with Crippen LogP contribution >= 0.6 is 0 Å². The van der Waals surface area contributed by atoms with E-state index in [0.29, 0.717) is 31.6 Å². The third-order valence-electron chi connectivity index (χ3n) is 5.91. The minimum atomic E-state index is -5.41. The van der Waals surface area contributed by atoms with Crippen LogP contribution in [0.25, 0.3) is 0 Å². The Kier molecular flexibility index (Phi) is 8.48. The van der Waals surface area contributed by atoms with E-state index in [0.717, 1.165) is 31.2 Å². The molecule has 0 bridgehead atoms. The first-order chi connectivity index (χ1) is 15.2. The van der Waals surface area contributed by atoms with E-state index in [2.05, 4.69) is 10.3 Å². The van der Waals surface area contributed by atoms with Crippen molar-refractivity contribution in [2.45, 2.75) is 68.1 Å². The van der Waals surface area contributed by atoms with Gasteiger partial charge in [-0.25, -0.2) is 18.1 Å². The van der Waals surface area contributed by atoms with Gasteiger partial charge in [0, 0.05) is 23.8 Å². The summed E-state index contributed by atoms with van der Waals surface area (Å²) in [6.07, 6.45) is 6.23. The molecule has 8 nitrogen and oxygen atoms in total. The van der Waals surface area contributed by atoms with Crippen LogP contribution in [0.4, 0.5) is 13.2 Å². The van der Waals surface area contributed by atoms with Gasteiger partial charge in [-0.15, -0.1) is 0 Å². The number of piperidine rings is 1. The van der Waals surface area contributed by atoms with Crippen molar-refractivity contribution in [3.63, 3.8) is 0 Å². The largest absolute Gasteiger partial charge is 0.511 e. The highest BCUT2D eigenvalue weighted by atomic mass is 32.2. The minimum absolute atomic E-state index is 0.0594. The van der Waals surface area contributed by atoms with Crippen LogP contribution in [0.3, 0.4) is 0 Å². The number of aldehydes is 1. The van der Waals surface area contributed by atoms with Crippen molar-refractivity contribution in [3.8, 4) is 5.88 Å². The molecule has 180 valence electrons. The lowest BCUT2D eigenvalue weighted by Gasteiger charge is -2.35. The second-order valence-electron chi connectivity index (χ2n) is 8.06. The van der Waals surface area contributed by atoms with Gasteiger partial charge in [-0.2, -0.15) is 13.2 Å². The Morgan fingerprint density at radius 2 is 1.97 bits per heavy atom. The molecular weight excluding hydrogens is 451 g/mol. The van der Waals surface area contributed by atoms with Crippen LogP contribution in [0.15, 0.2) is 18.3 Å². The second kappa shape index (κ2) is 10.9. The number of halogens is 3. The molecule has 2 atom stereocenters. The number of hydrogen-bond acceptors (Lipinski definition) is 7. The van der Waals surface area contributed by atoms with Crippen LogP contribution in [-0.2, 0) is 19.6 Å². The first-order valence-electron chi connectivity index (χ1n) is 10.7. The average molecular weight is 480 g/mol. The molecule has 1 aliphatic heterocycles. The minimum Gasteiger partial charge on any atom is -0.470 e. The molecule has 2 heterocycles. The number of pyridine rings is 1. The number of alkyl halides is 3. The zero-order valence-electron chi connectivity index (χ0n) is 17.5. The molecule has 0 amide bonds. The van der Waals surface area contributed by atoms with Gasteiger partial charge in [0.1, 0.15) is 6.61 Å². The highest BCUT2D eigenvalue weighted by molar-refractivity contribution is 7.90. The molecular formula is C20H28F3N3O5S. The van der Waals surface area contributed by atoms with Gasteiger partial charge in [0.2, 0.25) is 5.88 Å². The molecule has 0 radical (unpaired) electrons. The van der Waals surface area contributed by atoms with Crippen molar-refractivity contribution in [3.05, 3.63) is 23.9 Å². The molecule has 3 rings (SSSR count). The van der Waals surface area contributed by atoms with Crippen molar-refractivity contribution < 1.29 is 35.9 Å². The van der Waals surface area contributed by atoms with Gasteiger partial charge in [0.25, 0.3) is 0 Å². The van der Waals surface area contributed by atoms with Crippen LogP contribution in [-0.4, -0.2) is 63.1 Å². The van der Waals surface area contributed by atoms with Crippen LogP contribution in [0.5, 0.6) is 5.88 Å². The van der Waals surface area contributed by atoms with Crippen molar-refractivity contribution in [1.82, 2.24) is 15.0 Å². The summed E-state index contributed by atoms with van der Waals surface area (Å²) in [5, 5.41) is 3.07. The van der Waals surface area contributed by atoms with Crippen molar-refractivity contribution >= 4 is 16.3 Å². The van der Waals surface area contributed by atoms with Gasteiger partial charge >= 0.3 is 15.5 Å². The fourth-order valence-corrected chi connectivity index (χ4v) is 5.08.